The molecule has 2 unspecified atom stereocenters. The van der Waals surface area contributed by atoms with Gasteiger partial charge in [0.2, 0.25) is 5.89 Å². The van der Waals surface area contributed by atoms with E-state index in [-0.39, 0.29) is 11.5 Å². The topological polar surface area (TPSA) is 83.4 Å². The molecule has 6 nitrogen and oxygen atoms in total. The second kappa shape index (κ2) is 6.45. The van der Waals surface area contributed by atoms with E-state index in [9.17, 15) is 0 Å². The van der Waals surface area contributed by atoms with Crippen LogP contribution < -0.4 is 5.73 Å². The Bertz CT molecular complexity index is 396. The number of aromatic nitrogens is 2. The number of rotatable bonds is 7. The molecule has 0 saturated heterocycles. The van der Waals surface area contributed by atoms with Crippen LogP contribution in [0.2, 0.25) is 0 Å². The molecule has 19 heavy (non-hydrogen) atoms. The fourth-order valence-electron chi connectivity index (χ4n) is 2.45. The molecule has 1 aromatic heterocycles. The molecule has 2 atom stereocenters. The maximum absolute atomic E-state index is 6.14. The van der Waals surface area contributed by atoms with E-state index in [1.165, 1.54) is 0 Å². The molecule has 0 spiro atoms. The fraction of sp³-hybridized carbons (Fsp3) is 0.846. The van der Waals surface area contributed by atoms with Crippen molar-refractivity contribution in [3.63, 3.8) is 0 Å². The Morgan fingerprint density at radius 1 is 1.42 bits per heavy atom. The van der Waals surface area contributed by atoms with Crippen LogP contribution in [0.5, 0.6) is 0 Å². The van der Waals surface area contributed by atoms with Gasteiger partial charge in [-0.3, -0.25) is 0 Å². The predicted octanol–water partition coefficient (Wildman–Crippen LogP) is 1.04. The van der Waals surface area contributed by atoms with Crippen LogP contribution in [0, 0.1) is 0 Å². The zero-order valence-corrected chi connectivity index (χ0v) is 11.7. The number of hydrogen-bond acceptors (Lipinski definition) is 6. The molecule has 2 N–H and O–H groups in total. The van der Waals surface area contributed by atoms with Gasteiger partial charge in [-0.15, -0.1) is 0 Å². The molecular weight excluding hydrogens is 246 g/mol. The molecule has 2 rings (SSSR count). The van der Waals surface area contributed by atoms with E-state index in [1.807, 2.05) is 0 Å². The van der Waals surface area contributed by atoms with Crippen LogP contribution in [0.1, 0.15) is 37.9 Å². The van der Waals surface area contributed by atoms with Crippen molar-refractivity contribution in [2.75, 3.05) is 26.9 Å². The SMILES string of the molecule is COCCOCCc1noc(C2(C)CCCC2N)n1. The summed E-state index contributed by atoms with van der Waals surface area (Å²) in [5, 5.41) is 4.01. The first-order chi connectivity index (χ1) is 9.16. The van der Waals surface area contributed by atoms with E-state index < -0.39 is 0 Å². The van der Waals surface area contributed by atoms with Gasteiger partial charge in [0, 0.05) is 19.6 Å². The lowest BCUT2D eigenvalue weighted by Crippen LogP contribution is -2.38. The minimum Gasteiger partial charge on any atom is -0.382 e. The maximum Gasteiger partial charge on any atom is 0.234 e. The van der Waals surface area contributed by atoms with Gasteiger partial charge in [0.15, 0.2) is 5.82 Å². The molecule has 0 amide bonds. The minimum absolute atomic E-state index is 0.110. The number of hydrogen-bond donors (Lipinski definition) is 1. The average molecular weight is 269 g/mol. The van der Waals surface area contributed by atoms with Crippen molar-refractivity contribution < 1.29 is 14.0 Å². The zero-order chi connectivity index (χ0) is 13.7. The Kier molecular flexibility index (Phi) is 4.90. The van der Waals surface area contributed by atoms with Gasteiger partial charge >= 0.3 is 0 Å². The Balaban J connectivity index is 1.85. The maximum atomic E-state index is 6.14. The smallest absolute Gasteiger partial charge is 0.234 e. The van der Waals surface area contributed by atoms with Crippen LogP contribution in [0.4, 0.5) is 0 Å². The monoisotopic (exact) mass is 269 g/mol. The summed E-state index contributed by atoms with van der Waals surface area (Å²) in [6.07, 6.45) is 3.81. The summed E-state index contributed by atoms with van der Waals surface area (Å²) in [6, 6.07) is 0.110. The third-order valence-electron chi connectivity index (χ3n) is 3.89. The van der Waals surface area contributed by atoms with Crippen molar-refractivity contribution in [3.8, 4) is 0 Å². The third-order valence-corrected chi connectivity index (χ3v) is 3.89. The minimum atomic E-state index is -0.165. The Labute approximate surface area is 113 Å². The Morgan fingerprint density at radius 2 is 2.26 bits per heavy atom. The quantitative estimate of drug-likeness (QED) is 0.745. The second-order valence-corrected chi connectivity index (χ2v) is 5.29. The number of ether oxygens (including phenoxy) is 2. The first kappa shape index (κ1) is 14.4. The van der Waals surface area contributed by atoms with Gasteiger partial charge in [0.1, 0.15) is 0 Å². The highest BCUT2D eigenvalue weighted by atomic mass is 16.5. The lowest BCUT2D eigenvalue weighted by atomic mass is 9.85. The number of nitrogens with zero attached hydrogens (tertiary/aromatic N) is 2. The summed E-state index contributed by atoms with van der Waals surface area (Å²) in [5.41, 5.74) is 5.98. The molecule has 1 saturated carbocycles. The van der Waals surface area contributed by atoms with E-state index >= 15 is 0 Å². The average Bonchev–Trinajstić information content (AvgIpc) is 2.99. The molecule has 1 aliphatic carbocycles. The van der Waals surface area contributed by atoms with Crippen LogP contribution in [0.25, 0.3) is 0 Å². The molecule has 0 bridgehead atoms. The molecule has 6 heteroatoms. The molecular formula is C13H23N3O3. The summed E-state index contributed by atoms with van der Waals surface area (Å²) in [7, 11) is 1.65. The fourth-order valence-corrected chi connectivity index (χ4v) is 2.45. The van der Waals surface area contributed by atoms with Gasteiger partial charge in [-0.1, -0.05) is 11.6 Å². The molecule has 0 aliphatic heterocycles. The van der Waals surface area contributed by atoms with Crippen molar-refractivity contribution in [1.29, 1.82) is 0 Å². The van der Waals surface area contributed by atoms with Crippen LogP contribution in [0.15, 0.2) is 4.52 Å². The number of methoxy groups -OCH3 is 1. The summed E-state index contributed by atoms with van der Waals surface area (Å²) in [5.74, 6) is 1.36. The van der Waals surface area contributed by atoms with Gasteiger partial charge in [0.25, 0.3) is 0 Å². The van der Waals surface area contributed by atoms with Crippen LogP contribution in [-0.4, -0.2) is 43.1 Å². The summed E-state index contributed by atoms with van der Waals surface area (Å²) < 4.78 is 15.7. The van der Waals surface area contributed by atoms with Gasteiger partial charge in [-0.2, -0.15) is 4.98 Å². The van der Waals surface area contributed by atoms with E-state index in [2.05, 4.69) is 17.1 Å². The van der Waals surface area contributed by atoms with Gasteiger partial charge in [0.05, 0.1) is 25.2 Å². The first-order valence-corrected chi connectivity index (χ1v) is 6.82. The van der Waals surface area contributed by atoms with Crippen molar-refractivity contribution in [1.82, 2.24) is 10.1 Å². The van der Waals surface area contributed by atoms with Crippen molar-refractivity contribution in [3.05, 3.63) is 11.7 Å². The number of nitrogens with two attached hydrogens (primary N) is 1. The lowest BCUT2D eigenvalue weighted by Gasteiger charge is -2.23. The van der Waals surface area contributed by atoms with Crippen LogP contribution in [0.3, 0.4) is 0 Å². The summed E-state index contributed by atoms with van der Waals surface area (Å²) in [6.45, 7) is 3.87. The molecule has 1 fully saturated rings. The highest BCUT2D eigenvalue weighted by Gasteiger charge is 2.42. The third kappa shape index (κ3) is 3.32. The molecule has 1 aliphatic rings. The molecule has 108 valence electrons. The van der Waals surface area contributed by atoms with Crippen molar-refractivity contribution in [2.45, 2.75) is 44.1 Å². The standard InChI is InChI=1S/C13H23N3O3/c1-13(6-3-4-10(13)14)12-15-11(16-19-12)5-7-18-9-8-17-2/h10H,3-9,14H2,1-2H3. The second-order valence-electron chi connectivity index (χ2n) is 5.29. The predicted molar refractivity (Wildman–Crippen MR) is 69.9 cm³/mol. The normalized spacial score (nSPS) is 27.0. The molecule has 1 aromatic rings. The summed E-state index contributed by atoms with van der Waals surface area (Å²) >= 11 is 0. The van der Waals surface area contributed by atoms with Crippen LogP contribution in [-0.2, 0) is 21.3 Å². The highest BCUT2D eigenvalue weighted by molar-refractivity contribution is 5.11. The van der Waals surface area contributed by atoms with E-state index in [0.29, 0.717) is 38.0 Å². The molecule has 0 radical (unpaired) electrons. The lowest BCUT2D eigenvalue weighted by molar-refractivity contribution is 0.0714. The van der Waals surface area contributed by atoms with E-state index in [0.717, 1.165) is 19.3 Å². The summed E-state index contributed by atoms with van der Waals surface area (Å²) in [4.78, 5) is 4.46. The highest BCUT2D eigenvalue weighted by Crippen LogP contribution is 2.38. The molecule has 1 heterocycles. The van der Waals surface area contributed by atoms with Crippen molar-refractivity contribution in [2.24, 2.45) is 5.73 Å². The van der Waals surface area contributed by atoms with E-state index in [1.54, 1.807) is 7.11 Å². The van der Waals surface area contributed by atoms with E-state index in [4.69, 9.17) is 19.7 Å². The molecule has 0 aromatic carbocycles. The largest absolute Gasteiger partial charge is 0.382 e. The van der Waals surface area contributed by atoms with Crippen LogP contribution >= 0.6 is 0 Å². The van der Waals surface area contributed by atoms with Crippen molar-refractivity contribution >= 4 is 0 Å². The zero-order valence-electron chi connectivity index (χ0n) is 11.7. The van der Waals surface area contributed by atoms with Gasteiger partial charge in [-0.25, -0.2) is 0 Å². The Hall–Kier alpha value is -0.980. The first-order valence-electron chi connectivity index (χ1n) is 6.82. The van der Waals surface area contributed by atoms with Gasteiger partial charge < -0.3 is 19.7 Å². The Morgan fingerprint density at radius 3 is 2.95 bits per heavy atom. The van der Waals surface area contributed by atoms with Gasteiger partial charge in [-0.05, 0) is 19.8 Å².